The lowest BCUT2D eigenvalue weighted by Crippen LogP contribution is -2.21. The maximum absolute atomic E-state index is 9.93. The van der Waals surface area contributed by atoms with E-state index in [1.807, 2.05) is 71.9 Å². The average Bonchev–Trinajstić information content (AvgIpc) is 3.14. The number of nitrogens with one attached hydrogen (secondary N) is 2. The first-order valence-corrected chi connectivity index (χ1v) is 11.8. The van der Waals surface area contributed by atoms with Crippen LogP contribution in [0.5, 0.6) is 11.5 Å². The zero-order valence-corrected chi connectivity index (χ0v) is 21.6. The number of benzene rings is 2. The van der Waals surface area contributed by atoms with Crippen molar-refractivity contribution in [2.75, 3.05) is 13.7 Å². The number of amides is 1. The van der Waals surface area contributed by atoms with Crippen LogP contribution in [-0.2, 0) is 11.3 Å². The molecule has 0 aliphatic carbocycles. The van der Waals surface area contributed by atoms with E-state index < -0.39 is 0 Å². The van der Waals surface area contributed by atoms with Gasteiger partial charge in [-0.3, -0.25) is 14.7 Å². The maximum atomic E-state index is 9.93. The van der Waals surface area contributed by atoms with Crippen molar-refractivity contribution < 1.29 is 14.6 Å². The van der Waals surface area contributed by atoms with Crippen LogP contribution in [0.3, 0.4) is 0 Å². The number of phenolic OH excluding ortho intramolecular Hbond substituents is 1. The van der Waals surface area contributed by atoms with Gasteiger partial charge in [0.25, 0.3) is 0 Å². The lowest BCUT2D eigenvalue weighted by Gasteiger charge is -2.20. The van der Waals surface area contributed by atoms with Gasteiger partial charge in [-0.25, -0.2) is 0 Å². The molecule has 34 heavy (non-hydrogen) atoms. The number of methoxy groups -OCH3 is 1. The Balaban J connectivity index is 0.000000500. The van der Waals surface area contributed by atoms with Crippen LogP contribution >= 0.6 is 0 Å². The van der Waals surface area contributed by atoms with E-state index in [0.29, 0.717) is 6.54 Å². The zero-order chi connectivity index (χ0) is 25.7. The van der Waals surface area contributed by atoms with E-state index in [1.165, 1.54) is 6.92 Å². The van der Waals surface area contributed by atoms with Crippen molar-refractivity contribution in [3.05, 3.63) is 65.2 Å². The summed E-state index contributed by atoms with van der Waals surface area (Å²) in [7, 11) is 1.66. The molecule has 1 aliphatic heterocycles. The summed E-state index contributed by atoms with van der Waals surface area (Å²) in [5.74, 6) is 2.82. The normalized spacial score (nSPS) is 13.1. The number of hydrogen-bond donors (Lipinski definition) is 3. The lowest BCUT2D eigenvalue weighted by molar-refractivity contribution is -0.118. The fraction of sp³-hybridized carbons (Fsp3) is 0.423. The summed E-state index contributed by atoms with van der Waals surface area (Å²) in [6.07, 6.45) is 0. The second-order valence-corrected chi connectivity index (χ2v) is 6.92. The number of hydrogen-bond acceptors (Lipinski definition) is 6. The van der Waals surface area contributed by atoms with Crippen LogP contribution in [0.4, 0.5) is 0 Å². The van der Waals surface area contributed by atoms with Crippen LogP contribution in [0.2, 0.25) is 0 Å². The van der Waals surface area contributed by atoms with Gasteiger partial charge in [-0.15, -0.1) is 10.2 Å². The number of rotatable bonds is 3. The first-order chi connectivity index (χ1) is 16.4. The molecule has 2 aromatic carbocycles. The molecule has 0 saturated carbocycles. The molecule has 3 N–H and O–H groups in total. The molecular weight excluding hydrogens is 430 g/mol. The first kappa shape index (κ1) is 28.6. The summed E-state index contributed by atoms with van der Waals surface area (Å²) in [4.78, 5) is 9.93. The Morgan fingerprint density at radius 3 is 2.32 bits per heavy atom. The SMILES string of the molecule is CC.CC.CCNC(C)=O.COc1ccc2c(c1)C(c1ccc(O)cc1)NCc1nnc(C)n1-2. The van der Waals surface area contributed by atoms with Crippen LogP contribution in [0.25, 0.3) is 5.69 Å². The van der Waals surface area contributed by atoms with Crippen molar-refractivity contribution >= 4 is 5.91 Å². The Labute approximate surface area is 203 Å². The van der Waals surface area contributed by atoms with Crippen molar-refractivity contribution in [2.45, 2.75) is 61.1 Å². The van der Waals surface area contributed by atoms with Gasteiger partial charge in [0.2, 0.25) is 5.91 Å². The predicted octanol–water partition coefficient (Wildman–Crippen LogP) is 4.68. The quantitative estimate of drug-likeness (QED) is 0.515. The second-order valence-electron chi connectivity index (χ2n) is 6.92. The summed E-state index contributed by atoms with van der Waals surface area (Å²) in [5.41, 5.74) is 3.19. The topological polar surface area (TPSA) is 101 Å². The van der Waals surface area contributed by atoms with Crippen molar-refractivity contribution in [1.82, 2.24) is 25.4 Å². The minimum absolute atomic E-state index is 0.0307. The third kappa shape index (κ3) is 7.31. The fourth-order valence-electron chi connectivity index (χ4n) is 3.44. The first-order valence-electron chi connectivity index (χ1n) is 11.8. The molecule has 1 aliphatic rings. The summed E-state index contributed by atoms with van der Waals surface area (Å²) in [5, 5.41) is 24.2. The molecule has 0 radical (unpaired) electrons. The van der Waals surface area contributed by atoms with Gasteiger partial charge in [-0.1, -0.05) is 39.8 Å². The highest BCUT2D eigenvalue weighted by molar-refractivity contribution is 5.72. The van der Waals surface area contributed by atoms with Gasteiger partial charge >= 0.3 is 0 Å². The van der Waals surface area contributed by atoms with Gasteiger partial charge < -0.3 is 15.2 Å². The van der Waals surface area contributed by atoms with E-state index in [0.717, 1.165) is 40.8 Å². The molecule has 0 bridgehead atoms. The number of ether oxygens (including phenoxy) is 1. The summed E-state index contributed by atoms with van der Waals surface area (Å²) < 4.78 is 7.49. The van der Waals surface area contributed by atoms with Crippen LogP contribution < -0.4 is 15.4 Å². The smallest absolute Gasteiger partial charge is 0.216 e. The Morgan fingerprint density at radius 1 is 1.15 bits per heavy atom. The monoisotopic (exact) mass is 469 g/mol. The largest absolute Gasteiger partial charge is 0.508 e. The molecular formula is C26H39N5O3. The fourth-order valence-corrected chi connectivity index (χ4v) is 3.44. The Hall–Kier alpha value is -3.39. The summed E-state index contributed by atoms with van der Waals surface area (Å²) in [6.45, 7) is 14.7. The third-order valence-electron chi connectivity index (χ3n) is 4.79. The highest BCUT2D eigenvalue weighted by Crippen LogP contribution is 2.34. The van der Waals surface area contributed by atoms with Crippen LogP contribution in [-0.4, -0.2) is 39.4 Å². The highest BCUT2D eigenvalue weighted by atomic mass is 16.5. The van der Waals surface area contributed by atoms with Gasteiger partial charge in [-0.2, -0.15) is 0 Å². The molecule has 4 rings (SSSR count). The molecule has 2 heterocycles. The number of aromatic hydroxyl groups is 1. The van der Waals surface area contributed by atoms with E-state index in [4.69, 9.17) is 4.74 Å². The molecule has 0 spiro atoms. The highest BCUT2D eigenvalue weighted by Gasteiger charge is 2.25. The standard InChI is InChI=1S/C18H18N4O2.C4H9NO.2C2H6/c1-11-20-21-17-10-19-18(12-3-5-13(23)6-4-12)15-9-14(24-2)7-8-16(15)22(11)17;1-3-5-4(2)6;2*1-2/h3-9,18-19,23H,10H2,1-2H3;3H2,1-2H3,(H,5,6);2*1-2H3. The Kier molecular flexibility index (Phi) is 12.4. The van der Waals surface area contributed by atoms with E-state index in [9.17, 15) is 9.90 Å². The van der Waals surface area contributed by atoms with Crippen LogP contribution in [0.15, 0.2) is 42.5 Å². The van der Waals surface area contributed by atoms with Crippen molar-refractivity contribution in [3.63, 3.8) is 0 Å². The van der Waals surface area contributed by atoms with Gasteiger partial charge in [0.15, 0.2) is 5.82 Å². The molecule has 186 valence electrons. The summed E-state index contributed by atoms with van der Waals surface area (Å²) >= 11 is 0. The lowest BCUT2D eigenvalue weighted by atomic mass is 9.97. The average molecular weight is 470 g/mol. The molecule has 8 heteroatoms. The molecule has 1 atom stereocenters. The molecule has 3 aromatic rings. The zero-order valence-electron chi connectivity index (χ0n) is 21.6. The molecule has 0 saturated heterocycles. The van der Waals surface area contributed by atoms with E-state index >= 15 is 0 Å². The maximum Gasteiger partial charge on any atom is 0.216 e. The van der Waals surface area contributed by atoms with Gasteiger partial charge in [0.05, 0.1) is 25.4 Å². The van der Waals surface area contributed by atoms with Crippen molar-refractivity contribution in [1.29, 1.82) is 0 Å². The molecule has 8 nitrogen and oxygen atoms in total. The van der Waals surface area contributed by atoms with Crippen molar-refractivity contribution in [2.24, 2.45) is 0 Å². The number of aromatic nitrogens is 3. The van der Waals surface area contributed by atoms with Crippen molar-refractivity contribution in [3.8, 4) is 17.2 Å². The van der Waals surface area contributed by atoms with Crippen LogP contribution in [0, 0.1) is 6.92 Å². The summed E-state index contributed by atoms with van der Waals surface area (Å²) in [6, 6.07) is 13.2. The third-order valence-corrected chi connectivity index (χ3v) is 4.79. The molecule has 0 fully saturated rings. The number of nitrogens with zero attached hydrogens (tertiary/aromatic N) is 3. The van der Waals surface area contributed by atoms with Gasteiger partial charge in [-0.05, 0) is 49.7 Å². The number of fused-ring (bicyclic) bond motifs is 3. The molecule has 1 unspecified atom stereocenters. The minimum Gasteiger partial charge on any atom is -0.508 e. The van der Waals surface area contributed by atoms with Gasteiger partial charge in [0, 0.05) is 19.0 Å². The minimum atomic E-state index is -0.0307. The molecule has 1 aromatic heterocycles. The number of carbonyl (C=O) groups is 1. The van der Waals surface area contributed by atoms with Crippen LogP contribution in [0.1, 0.15) is 70.4 Å². The Morgan fingerprint density at radius 2 is 1.79 bits per heavy atom. The van der Waals surface area contributed by atoms with E-state index in [-0.39, 0.29) is 17.7 Å². The number of carbonyl (C=O) groups excluding carboxylic acids is 1. The van der Waals surface area contributed by atoms with E-state index in [1.54, 1.807) is 19.2 Å². The Bertz CT molecular complexity index is 1020. The second kappa shape index (κ2) is 14.7. The van der Waals surface area contributed by atoms with E-state index in [2.05, 4.69) is 25.4 Å². The molecule has 1 amide bonds. The number of aryl methyl sites for hydroxylation is 1. The number of phenols is 1. The predicted molar refractivity (Wildman–Crippen MR) is 136 cm³/mol. The van der Waals surface area contributed by atoms with Gasteiger partial charge in [0.1, 0.15) is 17.3 Å².